The highest BCUT2D eigenvalue weighted by Gasteiger charge is 2.13. The largest absolute Gasteiger partial charge is 0.296 e. The lowest BCUT2D eigenvalue weighted by atomic mass is 10.2. The summed E-state index contributed by atoms with van der Waals surface area (Å²) in [5, 5.41) is 0. The summed E-state index contributed by atoms with van der Waals surface area (Å²) >= 11 is 5.82. The first-order chi connectivity index (χ1) is 10.1. The molecule has 1 heterocycles. The molecule has 0 N–H and O–H groups in total. The second-order valence-corrected chi connectivity index (χ2v) is 5.25. The van der Waals surface area contributed by atoms with Gasteiger partial charge in [-0.1, -0.05) is 0 Å². The minimum atomic E-state index is -0.333. The van der Waals surface area contributed by atoms with E-state index in [1.165, 1.54) is 18.2 Å². The molecule has 0 aliphatic rings. The molecule has 5 heteroatoms. The second kappa shape index (κ2) is 5.45. The number of aryl methyl sites for hydroxylation is 2. The maximum Gasteiger partial charge on any atom is 0.126 e. The Kier molecular flexibility index (Phi) is 3.64. The molecule has 2 nitrogen and oxygen atoms in total. The van der Waals surface area contributed by atoms with Crippen LogP contribution in [0.15, 0.2) is 36.4 Å². The Bertz CT molecular complexity index is 811. The van der Waals surface area contributed by atoms with Crippen molar-refractivity contribution in [3.63, 3.8) is 0 Å². The molecule has 2 aromatic carbocycles. The Balaban J connectivity index is 2.27. The SMILES string of the molecule is Cc1cc(-n2c(CCCl)nc3cc(F)ccc32)ccc1F. The molecule has 3 aromatic rings. The molecule has 108 valence electrons. The van der Waals surface area contributed by atoms with E-state index in [2.05, 4.69) is 4.98 Å². The second-order valence-electron chi connectivity index (χ2n) is 4.87. The van der Waals surface area contributed by atoms with Crippen molar-refractivity contribution in [2.75, 3.05) is 5.88 Å². The molecule has 0 fully saturated rings. The standard InChI is InChI=1S/C16H13ClF2N2/c1-10-8-12(3-4-13(10)19)21-15-5-2-11(18)9-14(15)20-16(21)6-7-17/h2-5,8-9H,6-7H2,1H3. The van der Waals surface area contributed by atoms with Gasteiger partial charge in [-0.2, -0.15) is 0 Å². The highest BCUT2D eigenvalue weighted by Crippen LogP contribution is 2.24. The van der Waals surface area contributed by atoms with Crippen LogP contribution < -0.4 is 0 Å². The van der Waals surface area contributed by atoms with Crippen LogP contribution in [0.5, 0.6) is 0 Å². The molecule has 21 heavy (non-hydrogen) atoms. The molecule has 1 aromatic heterocycles. The monoisotopic (exact) mass is 306 g/mol. The molecular formula is C16H13ClF2N2. The fraction of sp³-hybridized carbons (Fsp3) is 0.188. The molecule has 0 bridgehead atoms. The zero-order chi connectivity index (χ0) is 15.0. The topological polar surface area (TPSA) is 17.8 Å². The van der Waals surface area contributed by atoms with Crippen LogP contribution >= 0.6 is 11.6 Å². The Hall–Kier alpha value is -1.94. The summed E-state index contributed by atoms with van der Waals surface area (Å²) in [5.41, 5.74) is 2.69. The van der Waals surface area contributed by atoms with Gasteiger partial charge in [-0.15, -0.1) is 11.6 Å². The van der Waals surface area contributed by atoms with Gasteiger partial charge in [-0.3, -0.25) is 4.57 Å². The zero-order valence-electron chi connectivity index (χ0n) is 11.4. The minimum absolute atomic E-state index is 0.256. The summed E-state index contributed by atoms with van der Waals surface area (Å²) in [6.45, 7) is 1.71. The number of aromatic nitrogens is 2. The predicted molar refractivity (Wildman–Crippen MR) is 80.1 cm³/mol. The van der Waals surface area contributed by atoms with E-state index in [0.29, 0.717) is 23.4 Å². The molecule has 0 saturated carbocycles. The molecular weight excluding hydrogens is 294 g/mol. The number of nitrogens with zero attached hydrogens (tertiary/aromatic N) is 2. The maximum atomic E-state index is 13.5. The van der Waals surface area contributed by atoms with Gasteiger partial charge in [-0.25, -0.2) is 13.8 Å². The van der Waals surface area contributed by atoms with Gasteiger partial charge >= 0.3 is 0 Å². The molecule has 0 saturated heterocycles. The van der Waals surface area contributed by atoms with Gasteiger partial charge in [0.2, 0.25) is 0 Å². The first kappa shape index (κ1) is 14.0. The van der Waals surface area contributed by atoms with Gasteiger partial charge in [0.25, 0.3) is 0 Å². The normalized spacial score (nSPS) is 11.2. The Morgan fingerprint density at radius 1 is 1.14 bits per heavy atom. The van der Waals surface area contributed by atoms with Crippen LogP contribution in [0.1, 0.15) is 11.4 Å². The van der Waals surface area contributed by atoms with Crippen molar-refractivity contribution in [1.82, 2.24) is 9.55 Å². The van der Waals surface area contributed by atoms with Gasteiger partial charge in [0.15, 0.2) is 0 Å². The summed E-state index contributed by atoms with van der Waals surface area (Å²) in [5.74, 6) is 0.552. The average Bonchev–Trinajstić information content (AvgIpc) is 2.79. The number of rotatable bonds is 3. The summed E-state index contributed by atoms with van der Waals surface area (Å²) in [6.07, 6.45) is 0.550. The first-order valence-electron chi connectivity index (χ1n) is 6.59. The third-order valence-electron chi connectivity index (χ3n) is 3.40. The smallest absolute Gasteiger partial charge is 0.126 e. The molecule has 0 unspecified atom stereocenters. The number of hydrogen-bond donors (Lipinski definition) is 0. The average molecular weight is 307 g/mol. The molecule has 0 atom stereocenters. The summed E-state index contributed by atoms with van der Waals surface area (Å²) in [4.78, 5) is 4.44. The van der Waals surface area contributed by atoms with E-state index in [9.17, 15) is 8.78 Å². The van der Waals surface area contributed by atoms with Crippen molar-refractivity contribution in [3.8, 4) is 5.69 Å². The minimum Gasteiger partial charge on any atom is -0.296 e. The number of benzene rings is 2. The lowest BCUT2D eigenvalue weighted by Crippen LogP contribution is -2.03. The van der Waals surface area contributed by atoms with Crippen LogP contribution in [0.25, 0.3) is 16.7 Å². The summed E-state index contributed by atoms with van der Waals surface area (Å²) in [6, 6.07) is 9.31. The summed E-state index contributed by atoms with van der Waals surface area (Å²) < 4.78 is 28.7. The fourth-order valence-electron chi connectivity index (χ4n) is 2.41. The fourth-order valence-corrected chi connectivity index (χ4v) is 2.58. The van der Waals surface area contributed by atoms with Gasteiger partial charge in [0.1, 0.15) is 17.5 Å². The highest BCUT2D eigenvalue weighted by molar-refractivity contribution is 6.17. The molecule has 0 aliphatic heterocycles. The van der Waals surface area contributed by atoms with Gasteiger partial charge in [0, 0.05) is 24.1 Å². The third kappa shape index (κ3) is 2.51. The highest BCUT2D eigenvalue weighted by atomic mass is 35.5. The van der Waals surface area contributed by atoms with Gasteiger partial charge in [0.05, 0.1) is 11.0 Å². The van der Waals surface area contributed by atoms with Gasteiger partial charge < -0.3 is 0 Å². The Morgan fingerprint density at radius 2 is 1.95 bits per heavy atom. The van der Waals surface area contributed by atoms with E-state index in [4.69, 9.17) is 11.6 Å². The summed E-state index contributed by atoms with van der Waals surface area (Å²) in [7, 11) is 0. The molecule has 0 amide bonds. The third-order valence-corrected chi connectivity index (χ3v) is 3.59. The van der Waals surface area contributed by atoms with E-state index >= 15 is 0 Å². The molecule has 3 rings (SSSR count). The van der Waals surface area contributed by atoms with Crippen molar-refractivity contribution < 1.29 is 8.78 Å². The Labute approximate surface area is 126 Å². The number of alkyl halides is 1. The molecule has 0 spiro atoms. The van der Waals surface area contributed by atoms with Crippen LogP contribution in [-0.2, 0) is 6.42 Å². The van der Waals surface area contributed by atoms with E-state index < -0.39 is 0 Å². The van der Waals surface area contributed by atoms with E-state index in [0.717, 1.165) is 17.0 Å². The van der Waals surface area contributed by atoms with Crippen molar-refractivity contribution >= 4 is 22.6 Å². The van der Waals surface area contributed by atoms with E-state index in [1.54, 1.807) is 25.1 Å². The predicted octanol–water partition coefficient (Wildman–Crippen LogP) is 4.39. The zero-order valence-corrected chi connectivity index (χ0v) is 12.2. The van der Waals surface area contributed by atoms with Crippen LogP contribution in [-0.4, -0.2) is 15.4 Å². The van der Waals surface area contributed by atoms with Crippen molar-refractivity contribution in [2.45, 2.75) is 13.3 Å². The number of hydrogen-bond acceptors (Lipinski definition) is 1. The lowest BCUT2D eigenvalue weighted by molar-refractivity contribution is 0.618. The molecule has 0 aliphatic carbocycles. The van der Waals surface area contributed by atoms with Crippen LogP contribution in [0, 0.1) is 18.6 Å². The van der Waals surface area contributed by atoms with E-state index in [-0.39, 0.29) is 11.6 Å². The first-order valence-corrected chi connectivity index (χ1v) is 7.13. The van der Waals surface area contributed by atoms with Crippen LogP contribution in [0.2, 0.25) is 0 Å². The van der Waals surface area contributed by atoms with Crippen molar-refractivity contribution in [2.24, 2.45) is 0 Å². The van der Waals surface area contributed by atoms with Gasteiger partial charge in [-0.05, 0) is 42.8 Å². The lowest BCUT2D eigenvalue weighted by Gasteiger charge is -2.10. The number of fused-ring (bicyclic) bond motifs is 1. The number of halogens is 3. The van der Waals surface area contributed by atoms with E-state index in [1.807, 2.05) is 4.57 Å². The number of imidazole rings is 1. The molecule has 0 radical (unpaired) electrons. The Morgan fingerprint density at radius 3 is 2.67 bits per heavy atom. The van der Waals surface area contributed by atoms with Crippen LogP contribution in [0.3, 0.4) is 0 Å². The van der Waals surface area contributed by atoms with Crippen molar-refractivity contribution in [1.29, 1.82) is 0 Å². The van der Waals surface area contributed by atoms with Crippen molar-refractivity contribution in [3.05, 3.63) is 59.4 Å². The maximum absolute atomic E-state index is 13.5. The quantitative estimate of drug-likeness (QED) is 0.656. The van der Waals surface area contributed by atoms with Crippen LogP contribution in [0.4, 0.5) is 8.78 Å².